The second kappa shape index (κ2) is 22.2. The molecule has 5 N–H and O–H groups in total. The smallest absolute Gasteiger partial charge is 0.333 e. The molecule has 66 heavy (non-hydrogen) atoms. The summed E-state index contributed by atoms with van der Waals surface area (Å²) in [4.78, 5) is 67.1. The minimum atomic E-state index is -2.74. The van der Waals surface area contributed by atoms with Crippen LogP contribution in [-0.4, -0.2) is 117 Å². The summed E-state index contributed by atoms with van der Waals surface area (Å²) < 4.78 is 40.1. The first kappa shape index (κ1) is 56.6. The van der Waals surface area contributed by atoms with Crippen LogP contribution in [0, 0.1) is 0 Å². The van der Waals surface area contributed by atoms with Crippen LogP contribution < -0.4 is 32.4 Å². The van der Waals surface area contributed by atoms with Crippen molar-refractivity contribution in [2.75, 3.05) is 20.2 Å². The molecule has 1 aliphatic heterocycles. The van der Waals surface area contributed by atoms with Gasteiger partial charge in [0.1, 0.15) is 47.4 Å². The van der Waals surface area contributed by atoms with E-state index >= 15 is 0 Å². The number of carbonyl (C=O) groups is 3. The number of amides is 1. The number of nitrogens with zero attached hydrogens (tertiary/aromatic N) is 2. The van der Waals surface area contributed by atoms with Crippen molar-refractivity contribution in [3.63, 3.8) is 0 Å². The van der Waals surface area contributed by atoms with Gasteiger partial charge < -0.3 is 49.3 Å². The lowest BCUT2D eigenvalue weighted by Gasteiger charge is -2.44. The molecule has 374 valence electrons. The number of methoxy groups -OCH3 is 1. The molecule has 1 fully saturated rings. The van der Waals surface area contributed by atoms with Crippen LogP contribution in [0.1, 0.15) is 114 Å². The molecular formula is C47H81N5O12Si2. The van der Waals surface area contributed by atoms with E-state index in [2.05, 4.69) is 78.4 Å². The summed E-state index contributed by atoms with van der Waals surface area (Å²) in [5.41, 5.74) is 3.99. The maximum Gasteiger partial charge on any atom is 0.333 e. The van der Waals surface area contributed by atoms with E-state index in [9.17, 15) is 29.1 Å². The average Bonchev–Trinajstić information content (AvgIpc) is 3.49. The molecule has 0 saturated carbocycles. The Morgan fingerprint density at radius 2 is 1.36 bits per heavy atom. The van der Waals surface area contributed by atoms with Gasteiger partial charge in [-0.25, -0.2) is 4.79 Å². The Morgan fingerprint density at radius 1 is 0.818 bits per heavy atom. The molecular weight excluding hydrogens is 883 g/mol. The van der Waals surface area contributed by atoms with Crippen molar-refractivity contribution >= 4 is 34.5 Å². The molecule has 19 heteroatoms. The highest BCUT2D eigenvalue weighted by atomic mass is 28.4. The van der Waals surface area contributed by atoms with Crippen molar-refractivity contribution in [2.45, 2.75) is 199 Å². The third-order valence-electron chi connectivity index (χ3n) is 12.3. The Balaban J connectivity index is 2.08. The van der Waals surface area contributed by atoms with Gasteiger partial charge in [0.25, 0.3) is 5.56 Å². The van der Waals surface area contributed by atoms with E-state index in [1.54, 1.807) is 72.9 Å². The van der Waals surface area contributed by atoms with Gasteiger partial charge in [-0.05, 0) is 115 Å². The summed E-state index contributed by atoms with van der Waals surface area (Å²) in [6.45, 7) is 31.5. The van der Waals surface area contributed by atoms with Crippen LogP contribution in [0.2, 0.25) is 36.3 Å². The minimum absolute atomic E-state index is 0.0167. The van der Waals surface area contributed by atoms with Crippen molar-refractivity contribution in [3.05, 3.63) is 62.9 Å². The number of nitrogens with two attached hydrogens (primary N) is 1. The molecule has 0 radical (unpaired) electrons. The number of nitrogens with one attached hydrogen (secondary N) is 2. The van der Waals surface area contributed by atoms with E-state index in [-0.39, 0.29) is 42.6 Å². The summed E-state index contributed by atoms with van der Waals surface area (Å²) in [5.74, 6) is -1.03. The largest absolute Gasteiger partial charge is 0.497 e. The fourth-order valence-corrected chi connectivity index (χ4v) is 9.21. The van der Waals surface area contributed by atoms with Crippen LogP contribution in [0.3, 0.4) is 0 Å². The van der Waals surface area contributed by atoms with Gasteiger partial charge in [-0.1, -0.05) is 53.7 Å². The highest BCUT2D eigenvalue weighted by Gasteiger charge is 2.58. The number of aliphatic hydroxyl groups excluding tert-OH is 1. The maximum atomic E-state index is 14.6. The van der Waals surface area contributed by atoms with Crippen molar-refractivity contribution < 1.29 is 47.3 Å². The van der Waals surface area contributed by atoms with Gasteiger partial charge >= 0.3 is 17.6 Å². The fourth-order valence-electron chi connectivity index (χ4n) is 6.63. The third-order valence-corrected chi connectivity index (χ3v) is 21.3. The number of benzene rings is 1. The summed E-state index contributed by atoms with van der Waals surface area (Å²) in [7, 11) is -3.92. The zero-order valence-corrected chi connectivity index (χ0v) is 44.7. The molecule has 3 rings (SSSR count). The van der Waals surface area contributed by atoms with Gasteiger partial charge in [0.05, 0.1) is 19.7 Å². The van der Waals surface area contributed by atoms with E-state index in [0.29, 0.717) is 17.7 Å². The van der Waals surface area contributed by atoms with Crippen molar-refractivity contribution in [1.82, 2.24) is 19.8 Å². The number of rotatable bonds is 20. The predicted octanol–water partition coefficient (Wildman–Crippen LogP) is 5.36. The maximum absolute atomic E-state index is 14.6. The Hall–Kier alpha value is -3.70. The number of hydrogen-bond acceptors (Lipinski definition) is 14. The fraction of sp³-hybridized carbons (Fsp3) is 0.723. The van der Waals surface area contributed by atoms with Crippen LogP contribution in [-0.2, 0) is 44.0 Å². The molecule has 1 aromatic heterocycles. The lowest BCUT2D eigenvalue weighted by molar-refractivity contribution is -0.166. The quantitative estimate of drug-likeness (QED) is 0.0746. The molecule has 2 heterocycles. The minimum Gasteiger partial charge on any atom is -0.497 e. The number of ether oxygens (including phenoxy) is 4. The zero-order chi connectivity index (χ0) is 50.4. The zero-order valence-electron chi connectivity index (χ0n) is 42.7. The molecule has 2 aromatic rings. The normalized spacial score (nSPS) is 20.0. The highest BCUT2D eigenvalue weighted by molar-refractivity contribution is 6.74. The van der Waals surface area contributed by atoms with Gasteiger partial charge in [0, 0.05) is 25.2 Å². The van der Waals surface area contributed by atoms with E-state index in [0.717, 1.165) is 4.57 Å². The number of hydrogen-bond donors (Lipinski definition) is 4. The van der Waals surface area contributed by atoms with Crippen molar-refractivity contribution in [2.24, 2.45) is 5.73 Å². The van der Waals surface area contributed by atoms with Gasteiger partial charge in [0.2, 0.25) is 5.91 Å². The third kappa shape index (κ3) is 15.7. The first-order valence-corrected chi connectivity index (χ1v) is 28.8. The van der Waals surface area contributed by atoms with Gasteiger partial charge in [-0.15, -0.1) is 0 Å². The van der Waals surface area contributed by atoms with Gasteiger partial charge in [-0.3, -0.25) is 28.3 Å². The first-order valence-electron chi connectivity index (χ1n) is 22.9. The number of carbonyl (C=O) groups excluding carboxylic acids is 3. The highest BCUT2D eigenvalue weighted by Crippen LogP contribution is 2.46. The van der Waals surface area contributed by atoms with Crippen LogP contribution in [0.15, 0.2) is 46.1 Å². The number of aliphatic hydroxyl groups is 1. The summed E-state index contributed by atoms with van der Waals surface area (Å²) in [5, 5.41) is 17.9. The predicted molar refractivity (Wildman–Crippen MR) is 259 cm³/mol. The van der Waals surface area contributed by atoms with Crippen LogP contribution in [0.4, 0.5) is 0 Å². The van der Waals surface area contributed by atoms with Crippen molar-refractivity contribution in [3.8, 4) is 5.75 Å². The summed E-state index contributed by atoms with van der Waals surface area (Å²) in [6.07, 6.45) is -4.32. The molecule has 1 amide bonds. The van der Waals surface area contributed by atoms with E-state index in [4.69, 9.17) is 33.5 Å². The Kier molecular flexibility index (Phi) is 19.0. The van der Waals surface area contributed by atoms with E-state index in [1.807, 2.05) is 0 Å². The second-order valence-corrected chi connectivity index (χ2v) is 31.8. The number of aromatic nitrogens is 2. The van der Waals surface area contributed by atoms with Gasteiger partial charge in [-0.2, -0.15) is 0 Å². The Morgan fingerprint density at radius 3 is 1.88 bits per heavy atom. The molecule has 1 aromatic carbocycles. The van der Waals surface area contributed by atoms with Crippen LogP contribution in [0.25, 0.3) is 0 Å². The Bertz CT molecular complexity index is 2060. The molecule has 1 saturated heterocycles. The molecule has 7 atom stereocenters. The van der Waals surface area contributed by atoms with Crippen molar-refractivity contribution in [1.29, 1.82) is 0 Å². The number of esters is 2. The Labute approximate surface area is 394 Å². The van der Waals surface area contributed by atoms with E-state index in [1.165, 1.54) is 16.8 Å². The lowest BCUT2D eigenvalue weighted by atomic mass is 9.99. The van der Waals surface area contributed by atoms with Gasteiger partial charge in [0.15, 0.2) is 22.9 Å². The van der Waals surface area contributed by atoms with E-state index < -0.39 is 99.7 Å². The lowest BCUT2D eigenvalue weighted by Crippen LogP contribution is -2.59. The topological polar surface area (TPSA) is 221 Å². The standard InChI is InChI=1S/C47H81N5O12Si2/c1-44(2,3)61-34(54)24-23-32(48)40(56)50-27-18-26-49-35(42(57)62-45(4,5)6)36(55)37-38(63-65(14,15)46(7,8)9)39(64-66(16,17)47(10,11)12)41(60-37)51-28-25-33(53)52(43(51)58)29-30-19-21-31(59-13)22-20-30/h19-22,25,28,32,35-39,41,49,55H,18,23-24,26-27,29,48H2,1-17H3,(H,50,56). The molecule has 1 aliphatic rings. The van der Waals surface area contributed by atoms with Crippen LogP contribution in [0.5, 0.6) is 5.75 Å². The molecule has 0 spiro atoms. The monoisotopic (exact) mass is 964 g/mol. The molecule has 0 aliphatic carbocycles. The second-order valence-electron chi connectivity index (χ2n) is 22.3. The molecule has 7 unspecified atom stereocenters. The first-order chi connectivity index (χ1) is 30.1. The molecule has 17 nitrogen and oxygen atoms in total. The molecule has 0 bridgehead atoms. The average molecular weight is 964 g/mol. The SMILES string of the molecule is COc1ccc(Cn2c(=O)ccn(C3OC(C(O)C(NCCCNC(=O)C(N)CCC(=O)OC(C)(C)C)C(=O)OC(C)(C)C)C(O[Si](C)(C)C(C)(C)C)C3O[Si](C)(C)C(C)(C)C)c2=O)cc1. The summed E-state index contributed by atoms with van der Waals surface area (Å²) in [6, 6.07) is 6.02. The summed E-state index contributed by atoms with van der Waals surface area (Å²) >= 11 is 0. The van der Waals surface area contributed by atoms with Crippen LogP contribution >= 0.6 is 0 Å².